The standard InChI is InChI=1S/C15H25O3PS/c1-6-13(4)17-19(16,18-14(5)7-2)20-15-10-8-12(3)9-11-15/h8-11,13-14H,6-7H2,1-5H3. The van der Waals surface area contributed by atoms with Crippen LogP contribution in [0.4, 0.5) is 0 Å². The molecule has 0 saturated carbocycles. The van der Waals surface area contributed by atoms with Gasteiger partial charge < -0.3 is 0 Å². The third kappa shape index (κ3) is 6.01. The lowest BCUT2D eigenvalue weighted by molar-refractivity contribution is 0.136. The van der Waals surface area contributed by atoms with Crippen LogP contribution in [-0.2, 0) is 13.6 Å². The van der Waals surface area contributed by atoms with E-state index in [9.17, 15) is 4.57 Å². The lowest BCUT2D eigenvalue weighted by Crippen LogP contribution is -2.09. The summed E-state index contributed by atoms with van der Waals surface area (Å²) in [6.45, 7) is 6.70. The minimum atomic E-state index is -3.19. The fraction of sp³-hybridized carbons (Fsp3) is 0.600. The Morgan fingerprint density at radius 3 is 1.90 bits per heavy atom. The van der Waals surface area contributed by atoms with Crippen LogP contribution in [0.2, 0.25) is 0 Å². The summed E-state index contributed by atoms with van der Waals surface area (Å²) in [4.78, 5) is 0.908. The summed E-state index contributed by atoms with van der Waals surface area (Å²) >= 11 is 1.20. The lowest BCUT2D eigenvalue weighted by atomic mass is 10.2. The molecule has 0 amide bonds. The SMILES string of the molecule is CCC(C)OP(=O)(OC(C)CC)Sc1ccc(C)cc1. The summed E-state index contributed by atoms with van der Waals surface area (Å²) in [7, 11) is 0. The molecule has 2 atom stereocenters. The Morgan fingerprint density at radius 1 is 1.05 bits per heavy atom. The molecular weight excluding hydrogens is 291 g/mol. The predicted octanol–water partition coefficient (Wildman–Crippen LogP) is 5.83. The van der Waals surface area contributed by atoms with Crippen molar-refractivity contribution in [2.24, 2.45) is 0 Å². The molecule has 3 nitrogen and oxygen atoms in total. The van der Waals surface area contributed by atoms with Crippen LogP contribution in [0.15, 0.2) is 29.2 Å². The van der Waals surface area contributed by atoms with E-state index in [0.717, 1.165) is 17.7 Å². The molecule has 1 aromatic carbocycles. The summed E-state index contributed by atoms with van der Waals surface area (Å²) in [6, 6.07) is 7.90. The molecule has 0 radical (unpaired) electrons. The van der Waals surface area contributed by atoms with E-state index in [1.54, 1.807) is 0 Å². The highest BCUT2D eigenvalue weighted by Gasteiger charge is 2.30. The smallest absolute Gasteiger partial charge is 0.297 e. The van der Waals surface area contributed by atoms with Gasteiger partial charge in [0, 0.05) is 4.90 Å². The number of hydrogen-bond acceptors (Lipinski definition) is 4. The molecule has 0 aliphatic carbocycles. The van der Waals surface area contributed by atoms with Crippen LogP contribution in [-0.4, -0.2) is 12.2 Å². The van der Waals surface area contributed by atoms with E-state index < -0.39 is 6.80 Å². The summed E-state index contributed by atoms with van der Waals surface area (Å²) in [5.41, 5.74) is 1.18. The molecular formula is C15H25O3PS. The molecule has 114 valence electrons. The van der Waals surface area contributed by atoms with Gasteiger partial charge in [0.05, 0.1) is 12.2 Å². The second-order valence-corrected chi connectivity index (χ2v) is 8.86. The zero-order valence-electron chi connectivity index (χ0n) is 13.0. The van der Waals surface area contributed by atoms with Crippen LogP contribution < -0.4 is 0 Å². The van der Waals surface area contributed by atoms with Gasteiger partial charge in [-0.2, -0.15) is 0 Å². The first-order chi connectivity index (χ1) is 9.38. The van der Waals surface area contributed by atoms with E-state index in [-0.39, 0.29) is 12.2 Å². The summed E-state index contributed by atoms with van der Waals surface area (Å²) in [5, 5.41) is 0. The van der Waals surface area contributed by atoms with Crippen molar-refractivity contribution in [3.63, 3.8) is 0 Å². The van der Waals surface area contributed by atoms with Gasteiger partial charge in [0.15, 0.2) is 0 Å². The zero-order chi connectivity index (χ0) is 15.2. The molecule has 0 bridgehead atoms. The minimum Gasteiger partial charge on any atom is -0.297 e. The fourth-order valence-electron chi connectivity index (χ4n) is 1.39. The molecule has 20 heavy (non-hydrogen) atoms. The van der Waals surface area contributed by atoms with Crippen LogP contribution in [0.3, 0.4) is 0 Å². The first-order valence-electron chi connectivity index (χ1n) is 7.11. The average Bonchev–Trinajstić information content (AvgIpc) is 2.40. The number of hydrogen-bond donors (Lipinski definition) is 0. The predicted molar refractivity (Wildman–Crippen MR) is 86.3 cm³/mol. The van der Waals surface area contributed by atoms with Crippen molar-refractivity contribution in [1.82, 2.24) is 0 Å². The van der Waals surface area contributed by atoms with Crippen LogP contribution in [0, 0.1) is 6.92 Å². The van der Waals surface area contributed by atoms with Crippen LogP contribution in [0.1, 0.15) is 46.1 Å². The number of aryl methyl sites for hydroxylation is 1. The number of rotatable bonds is 8. The van der Waals surface area contributed by atoms with Crippen molar-refractivity contribution in [3.8, 4) is 0 Å². The monoisotopic (exact) mass is 316 g/mol. The Bertz CT molecular complexity index is 431. The quantitative estimate of drug-likeness (QED) is 0.566. The third-order valence-corrected chi connectivity index (χ3v) is 6.77. The van der Waals surface area contributed by atoms with E-state index in [4.69, 9.17) is 9.05 Å². The van der Waals surface area contributed by atoms with Crippen molar-refractivity contribution in [2.45, 2.75) is 64.6 Å². The summed E-state index contributed by atoms with van der Waals surface area (Å²) in [5.74, 6) is 0. The van der Waals surface area contributed by atoms with Crippen molar-refractivity contribution in [2.75, 3.05) is 0 Å². The van der Waals surface area contributed by atoms with Gasteiger partial charge in [-0.1, -0.05) is 31.5 Å². The third-order valence-electron chi connectivity index (χ3n) is 3.01. The highest BCUT2D eigenvalue weighted by molar-refractivity contribution is 8.55. The first-order valence-corrected chi connectivity index (χ1v) is 10.1. The molecule has 0 aliphatic heterocycles. The molecule has 0 spiro atoms. The van der Waals surface area contributed by atoms with Gasteiger partial charge in [0.25, 0.3) is 0 Å². The van der Waals surface area contributed by atoms with Gasteiger partial charge in [0.2, 0.25) is 0 Å². The second kappa shape index (κ2) is 8.23. The molecule has 1 aromatic rings. The molecule has 1 rings (SSSR count). The van der Waals surface area contributed by atoms with Gasteiger partial charge in [-0.3, -0.25) is 9.05 Å². The minimum absolute atomic E-state index is 0.0807. The van der Waals surface area contributed by atoms with E-state index >= 15 is 0 Å². The van der Waals surface area contributed by atoms with E-state index in [1.165, 1.54) is 16.9 Å². The fourth-order valence-corrected chi connectivity index (χ4v) is 5.50. The summed E-state index contributed by atoms with van der Waals surface area (Å²) in [6.07, 6.45) is 1.45. The highest BCUT2D eigenvalue weighted by atomic mass is 32.7. The van der Waals surface area contributed by atoms with E-state index in [1.807, 2.05) is 58.9 Å². The van der Waals surface area contributed by atoms with Crippen molar-refractivity contribution < 1.29 is 13.6 Å². The maximum Gasteiger partial charge on any atom is 0.394 e. The maximum atomic E-state index is 12.9. The van der Waals surface area contributed by atoms with Crippen LogP contribution >= 0.6 is 18.2 Å². The van der Waals surface area contributed by atoms with Crippen molar-refractivity contribution >= 4 is 18.2 Å². The average molecular weight is 316 g/mol. The van der Waals surface area contributed by atoms with Gasteiger partial charge >= 0.3 is 6.80 Å². The van der Waals surface area contributed by atoms with E-state index in [0.29, 0.717) is 0 Å². The molecule has 0 aliphatic rings. The topological polar surface area (TPSA) is 35.5 Å². The van der Waals surface area contributed by atoms with Crippen molar-refractivity contribution in [1.29, 1.82) is 0 Å². The Balaban J connectivity index is 2.86. The molecule has 0 N–H and O–H groups in total. The van der Waals surface area contributed by atoms with E-state index in [2.05, 4.69) is 0 Å². The normalized spacial score (nSPS) is 17.4. The van der Waals surface area contributed by atoms with Crippen LogP contribution in [0.5, 0.6) is 0 Å². The molecule has 0 aromatic heterocycles. The molecule has 0 saturated heterocycles. The molecule has 5 heteroatoms. The molecule has 0 heterocycles. The van der Waals surface area contributed by atoms with Crippen LogP contribution in [0.25, 0.3) is 0 Å². The highest BCUT2D eigenvalue weighted by Crippen LogP contribution is 2.65. The second-order valence-electron chi connectivity index (χ2n) is 5.00. The number of benzene rings is 1. The van der Waals surface area contributed by atoms with Gasteiger partial charge in [-0.15, -0.1) is 0 Å². The molecule has 0 fully saturated rings. The van der Waals surface area contributed by atoms with Gasteiger partial charge in [-0.25, -0.2) is 4.57 Å². The first kappa shape index (κ1) is 17.8. The van der Waals surface area contributed by atoms with Gasteiger partial charge in [-0.05, 0) is 57.1 Å². The van der Waals surface area contributed by atoms with Crippen molar-refractivity contribution in [3.05, 3.63) is 29.8 Å². The summed E-state index contributed by atoms with van der Waals surface area (Å²) < 4.78 is 24.3. The lowest BCUT2D eigenvalue weighted by Gasteiger charge is -2.23. The zero-order valence-corrected chi connectivity index (χ0v) is 14.7. The largest absolute Gasteiger partial charge is 0.394 e. The van der Waals surface area contributed by atoms with Gasteiger partial charge in [0.1, 0.15) is 0 Å². The molecule has 2 unspecified atom stereocenters. The Morgan fingerprint density at radius 2 is 1.50 bits per heavy atom. The Labute approximate surface area is 126 Å². The Kier molecular flexibility index (Phi) is 7.32. The Hall–Kier alpha value is -0.280. The maximum absolute atomic E-state index is 12.9.